The van der Waals surface area contributed by atoms with E-state index in [-0.39, 0.29) is 5.69 Å². The highest BCUT2D eigenvalue weighted by atomic mass is 16.6. The van der Waals surface area contributed by atoms with E-state index in [1.165, 1.54) is 30.1 Å². The molecule has 0 saturated carbocycles. The van der Waals surface area contributed by atoms with E-state index in [0.717, 1.165) is 0 Å². The molecule has 7 nitrogen and oxygen atoms in total. The molecule has 22 heavy (non-hydrogen) atoms. The first-order chi connectivity index (χ1) is 10.1. The Balaban J connectivity index is 3.06. The predicted molar refractivity (Wildman–Crippen MR) is 80.6 cm³/mol. The van der Waals surface area contributed by atoms with Gasteiger partial charge < -0.3 is 9.53 Å². The smallest absolute Gasteiger partial charge is 0.410 e. The van der Waals surface area contributed by atoms with Crippen molar-refractivity contribution in [1.82, 2.24) is 4.90 Å². The Hall–Kier alpha value is -2.44. The minimum atomic E-state index is -0.866. The number of nitro groups is 1. The molecule has 0 radical (unpaired) electrons. The fraction of sp³-hybridized carbons (Fsp3) is 0.467. The van der Waals surface area contributed by atoms with Gasteiger partial charge in [-0.2, -0.15) is 0 Å². The lowest BCUT2D eigenvalue weighted by atomic mass is 10.0. The Morgan fingerprint density at radius 2 is 2.00 bits per heavy atom. The number of aryl methyl sites for hydroxylation is 1. The van der Waals surface area contributed by atoms with E-state index in [4.69, 9.17) is 4.74 Å². The first-order valence-electron chi connectivity index (χ1n) is 6.73. The molecule has 1 aromatic rings. The fourth-order valence-corrected chi connectivity index (χ4v) is 1.91. The van der Waals surface area contributed by atoms with Gasteiger partial charge in [0.05, 0.1) is 4.92 Å². The maximum atomic E-state index is 12.0. The van der Waals surface area contributed by atoms with Crippen molar-refractivity contribution in [3.63, 3.8) is 0 Å². The van der Waals surface area contributed by atoms with Gasteiger partial charge in [-0.15, -0.1) is 0 Å². The highest BCUT2D eigenvalue weighted by Crippen LogP contribution is 2.25. The lowest BCUT2D eigenvalue weighted by molar-refractivity contribution is -0.385. The quantitative estimate of drug-likeness (QED) is 0.484. The average Bonchev–Trinajstić information content (AvgIpc) is 2.37. The number of benzene rings is 1. The van der Waals surface area contributed by atoms with E-state index in [1.807, 2.05) is 0 Å². The van der Waals surface area contributed by atoms with E-state index < -0.39 is 22.7 Å². The van der Waals surface area contributed by atoms with E-state index in [9.17, 15) is 19.7 Å². The Labute approximate surface area is 129 Å². The van der Waals surface area contributed by atoms with Crippen LogP contribution in [-0.4, -0.2) is 34.9 Å². The van der Waals surface area contributed by atoms with Crippen LogP contribution in [0.1, 0.15) is 37.9 Å². The molecule has 0 bridgehead atoms. The highest BCUT2D eigenvalue weighted by Gasteiger charge is 2.27. The molecular formula is C15H20N2O5. The number of nitrogens with zero attached hydrogens (tertiary/aromatic N) is 2. The topological polar surface area (TPSA) is 89.8 Å². The molecule has 1 unspecified atom stereocenters. The number of nitro benzene ring substituents is 1. The van der Waals surface area contributed by atoms with Crippen molar-refractivity contribution >= 4 is 18.1 Å². The summed E-state index contributed by atoms with van der Waals surface area (Å²) in [6.45, 7) is 6.76. The van der Waals surface area contributed by atoms with Crippen LogP contribution in [0.25, 0.3) is 0 Å². The zero-order valence-corrected chi connectivity index (χ0v) is 13.3. The third-order valence-electron chi connectivity index (χ3n) is 2.99. The summed E-state index contributed by atoms with van der Waals surface area (Å²) in [6.07, 6.45) is -0.0366. The van der Waals surface area contributed by atoms with Crippen molar-refractivity contribution in [1.29, 1.82) is 0 Å². The van der Waals surface area contributed by atoms with E-state index in [0.29, 0.717) is 17.4 Å². The molecule has 1 atom stereocenters. The molecular weight excluding hydrogens is 288 g/mol. The molecule has 1 aromatic carbocycles. The van der Waals surface area contributed by atoms with Crippen molar-refractivity contribution in [2.24, 2.45) is 0 Å². The van der Waals surface area contributed by atoms with Crippen LogP contribution in [0.2, 0.25) is 0 Å². The van der Waals surface area contributed by atoms with Crippen molar-refractivity contribution in [3.8, 4) is 0 Å². The lowest BCUT2D eigenvalue weighted by Crippen LogP contribution is -2.37. The maximum absolute atomic E-state index is 12.0. The van der Waals surface area contributed by atoms with Gasteiger partial charge in [-0.3, -0.25) is 15.0 Å². The Kier molecular flexibility index (Phi) is 5.24. The van der Waals surface area contributed by atoms with Gasteiger partial charge in [0.25, 0.3) is 5.69 Å². The van der Waals surface area contributed by atoms with Gasteiger partial charge in [-0.1, -0.05) is 0 Å². The molecule has 0 spiro atoms. The Morgan fingerprint density at radius 3 is 2.41 bits per heavy atom. The van der Waals surface area contributed by atoms with Crippen molar-refractivity contribution < 1.29 is 19.2 Å². The van der Waals surface area contributed by atoms with Gasteiger partial charge in [0.2, 0.25) is 0 Å². The van der Waals surface area contributed by atoms with Crippen LogP contribution in [0.4, 0.5) is 10.5 Å². The summed E-state index contributed by atoms with van der Waals surface area (Å²) >= 11 is 0. The molecule has 0 aliphatic rings. The first-order valence-corrected chi connectivity index (χ1v) is 6.73. The van der Waals surface area contributed by atoms with Crippen molar-refractivity contribution in [2.75, 3.05) is 7.05 Å². The molecule has 0 fully saturated rings. The SMILES string of the molecule is Cc1cc(C(C=O)N(C)C(=O)OC(C)(C)C)ccc1[N+](=O)[O-]. The van der Waals surface area contributed by atoms with Crippen LogP contribution in [0.3, 0.4) is 0 Å². The van der Waals surface area contributed by atoms with Crippen LogP contribution < -0.4 is 0 Å². The third-order valence-corrected chi connectivity index (χ3v) is 2.99. The average molecular weight is 308 g/mol. The summed E-state index contributed by atoms with van der Waals surface area (Å²) in [5.41, 5.74) is 0.205. The molecule has 0 N–H and O–H groups in total. The van der Waals surface area contributed by atoms with Crippen LogP contribution in [0.5, 0.6) is 0 Å². The summed E-state index contributed by atoms with van der Waals surface area (Å²) in [4.78, 5) is 34.9. The Morgan fingerprint density at radius 1 is 1.41 bits per heavy atom. The van der Waals surface area contributed by atoms with Crippen molar-refractivity contribution in [2.45, 2.75) is 39.3 Å². The van der Waals surface area contributed by atoms with Crippen LogP contribution in [0.15, 0.2) is 18.2 Å². The summed E-state index contributed by atoms with van der Waals surface area (Å²) in [5.74, 6) is 0. The Bertz CT molecular complexity index is 592. The minimum absolute atomic E-state index is 0.0340. The van der Waals surface area contributed by atoms with Gasteiger partial charge >= 0.3 is 6.09 Å². The molecule has 1 rings (SSSR count). The number of hydrogen-bond donors (Lipinski definition) is 0. The largest absolute Gasteiger partial charge is 0.444 e. The summed E-state index contributed by atoms with van der Waals surface area (Å²) in [7, 11) is 1.45. The number of likely N-dealkylation sites (N-methyl/N-ethyl adjacent to an activating group) is 1. The standard InChI is InChI=1S/C15H20N2O5/c1-10-8-11(6-7-12(10)17(20)21)13(9-18)16(5)14(19)22-15(2,3)4/h6-9,13H,1-5H3. The first kappa shape index (κ1) is 17.6. The number of aldehydes is 1. The van der Waals surface area contributed by atoms with Crippen LogP contribution in [0, 0.1) is 17.0 Å². The summed E-state index contributed by atoms with van der Waals surface area (Å²) < 4.78 is 5.22. The number of ether oxygens (including phenoxy) is 1. The number of amides is 1. The minimum Gasteiger partial charge on any atom is -0.444 e. The number of hydrogen-bond acceptors (Lipinski definition) is 5. The maximum Gasteiger partial charge on any atom is 0.410 e. The van der Waals surface area contributed by atoms with E-state index >= 15 is 0 Å². The van der Waals surface area contributed by atoms with Crippen LogP contribution >= 0.6 is 0 Å². The number of rotatable bonds is 4. The second kappa shape index (κ2) is 6.55. The highest BCUT2D eigenvalue weighted by molar-refractivity contribution is 5.75. The van der Waals surface area contributed by atoms with E-state index in [2.05, 4.69) is 0 Å². The number of carbonyl (C=O) groups is 2. The van der Waals surface area contributed by atoms with Crippen LogP contribution in [-0.2, 0) is 9.53 Å². The zero-order chi connectivity index (χ0) is 17.1. The summed E-state index contributed by atoms with van der Waals surface area (Å²) in [6, 6.07) is 3.45. The van der Waals surface area contributed by atoms with Gasteiger partial charge in [-0.05, 0) is 45.4 Å². The van der Waals surface area contributed by atoms with Gasteiger partial charge in [0.1, 0.15) is 17.9 Å². The van der Waals surface area contributed by atoms with Gasteiger partial charge in [0.15, 0.2) is 0 Å². The van der Waals surface area contributed by atoms with Gasteiger partial charge in [0, 0.05) is 18.7 Å². The van der Waals surface area contributed by atoms with Crippen molar-refractivity contribution in [3.05, 3.63) is 39.4 Å². The second-order valence-corrected chi connectivity index (χ2v) is 5.98. The third kappa shape index (κ3) is 4.28. The zero-order valence-electron chi connectivity index (χ0n) is 13.3. The normalized spacial score (nSPS) is 12.4. The summed E-state index contributed by atoms with van der Waals surface area (Å²) in [5, 5.41) is 10.8. The molecule has 7 heteroatoms. The predicted octanol–water partition coefficient (Wildman–Crippen LogP) is 3.01. The number of carbonyl (C=O) groups excluding carboxylic acids is 2. The molecule has 0 aliphatic heterocycles. The van der Waals surface area contributed by atoms with E-state index in [1.54, 1.807) is 27.7 Å². The van der Waals surface area contributed by atoms with Gasteiger partial charge in [-0.25, -0.2) is 4.79 Å². The molecule has 0 saturated heterocycles. The monoisotopic (exact) mass is 308 g/mol. The molecule has 0 aliphatic carbocycles. The lowest BCUT2D eigenvalue weighted by Gasteiger charge is -2.28. The second-order valence-electron chi connectivity index (χ2n) is 5.98. The molecule has 1 amide bonds. The molecule has 120 valence electrons. The fourth-order valence-electron chi connectivity index (χ4n) is 1.91. The molecule has 0 heterocycles. The molecule has 0 aromatic heterocycles.